The van der Waals surface area contributed by atoms with Crippen molar-refractivity contribution in [3.63, 3.8) is 0 Å². The van der Waals surface area contributed by atoms with Gasteiger partial charge in [-0.05, 0) is 18.4 Å². The van der Waals surface area contributed by atoms with E-state index in [0.717, 1.165) is 5.56 Å². The summed E-state index contributed by atoms with van der Waals surface area (Å²) >= 11 is 0. The number of carbonyl (C=O) groups is 2. The first kappa shape index (κ1) is 14.5. The van der Waals surface area contributed by atoms with Gasteiger partial charge in [-0.1, -0.05) is 30.3 Å². The Morgan fingerprint density at radius 3 is 2.60 bits per heavy atom. The van der Waals surface area contributed by atoms with Crippen molar-refractivity contribution in [3.8, 4) is 0 Å². The predicted octanol–water partition coefficient (Wildman–Crippen LogP) is -0.397. The number of benzene rings is 1. The van der Waals surface area contributed by atoms with Gasteiger partial charge in [0.15, 0.2) is 6.04 Å². The van der Waals surface area contributed by atoms with E-state index in [4.69, 9.17) is 10.8 Å². The van der Waals surface area contributed by atoms with Crippen molar-refractivity contribution in [2.45, 2.75) is 31.0 Å². The standard InChI is InChI=1S/C14H18N2O4/c15-10(8-9-4-2-1-3-5-9)13(18)16-7-6-11(17)12(16)14(19)20/h1-5,10-12,17H,6-8,15H2,(H,19,20)/t10-,11?,12-/m0/s1. The van der Waals surface area contributed by atoms with Crippen LogP contribution in [0.1, 0.15) is 12.0 Å². The molecule has 6 nitrogen and oxygen atoms in total. The molecule has 108 valence electrons. The molecule has 2 rings (SSSR count). The summed E-state index contributed by atoms with van der Waals surface area (Å²) in [5.41, 5.74) is 6.79. The third kappa shape index (κ3) is 2.97. The Hall–Kier alpha value is -1.92. The number of carboxylic acid groups (broad SMARTS) is 1. The number of hydrogen-bond donors (Lipinski definition) is 3. The Morgan fingerprint density at radius 2 is 2.00 bits per heavy atom. The molecule has 0 aliphatic carbocycles. The van der Waals surface area contributed by atoms with E-state index in [1.54, 1.807) is 0 Å². The van der Waals surface area contributed by atoms with E-state index in [0.29, 0.717) is 6.42 Å². The van der Waals surface area contributed by atoms with Crippen molar-refractivity contribution in [3.05, 3.63) is 35.9 Å². The molecule has 3 atom stereocenters. The topological polar surface area (TPSA) is 104 Å². The fraction of sp³-hybridized carbons (Fsp3) is 0.429. The van der Waals surface area contributed by atoms with Crippen molar-refractivity contribution < 1.29 is 19.8 Å². The van der Waals surface area contributed by atoms with Gasteiger partial charge in [-0.3, -0.25) is 4.79 Å². The Balaban J connectivity index is 2.05. The molecule has 1 aromatic rings. The fourth-order valence-corrected chi connectivity index (χ4v) is 2.49. The maximum Gasteiger partial charge on any atom is 0.329 e. The summed E-state index contributed by atoms with van der Waals surface area (Å²) < 4.78 is 0. The molecular weight excluding hydrogens is 260 g/mol. The molecule has 1 heterocycles. The highest BCUT2D eigenvalue weighted by atomic mass is 16.4. The van der Waals surface area contributed by atoms with Gasteiger partial charge in [-0.2, -0.15) is 0 Å². The van der Waals surface area contributed by atoms with E-state index >= 15 is 0 Å². The molecule has 20 heavy (non-hydrogen) atoms. The van der Waals surface area contributed by atoms with Crippen LogP contribution in [0.5, 0.6) is 0 Å². The summed E-state index contributed by atoms with van der Waals surface area (Å²) in [7, 11) is 0. The number of aliphatic hydroxyl groups excluding tert-OH is 1. The molecular formula is C14H18N2O4. The van der Waals surface area contributed by atoms with Gasteiger partial charge in [0.25, 0.3) is 0 Å². The van der Waals surface area contributed by atoms with Crippen LogP contribution < -0.4 is 5.73 Å². The number of hydrogen-bond acceptors (Lipinski definition) is 4. The van der Waals surface area contributed by atoms with Gasteiger partial charge in [-0.15, -0.1) is 0 Å². The van der Waals surface area contributed by atoms with Crippen LogP contribution in [0, 0.1) is 0 Å². The van der Waals surface area contributed by atoms with E-state index in [9.17, 15) is 14.7 Å². The minimum Gasteiger partial charge on any atom is -0.480 e. The van der Waals surface area contributed by atoms with Crippen molar-refractivity contribution in [2.24, 2.45) is 5.73 Å². The van der Waals surface area contributed by atoms with Crippen molar-refractivity contribution in [1.29, 1.82) is 0 Å². The van der Waals surface area contributed by atoms with Crippen molar-refractivity contribution >= 4 is 11.9 Å². The van der Waals surface area contributed by atoms with Crippen LogP contribution >= 0.6 is 0 Å². The number of likely N-dealkylation sites (tertiary alicyclic amines) is 1. The molecule has 0 aromatic heterocycles. The second-order valence-corrected chi connectivity index (χ2v) is 4.97. The zero-order valence-electron chi connectivity index (χ0n) is 11.0. The van der Waals surface area contributed by atoms with Crippen LogP contribution in [0.15, 0.2) is 30.3 Å². The number of carboxylic acids is 1. The molecule has 4 N–H and O–H groups in total. The number of amides is 1. The molecule has 1 fully saturated rings. The molecule has 0 bridgehead atoms. The zero-order valence-corrected chi connectivity index (χ0v) is 11.0. The maximum absolute atomic E-state index is 12.2. The molecule has 0 spiro atoms. The van der Waals surface area contributed by atoms with Gasteiger partial charge >= 0.3 is 5.97 Å². The lowest BCUT2D eigenvalue weighted by atomic mass is 10.1. The average molecular weight is 278 g/mol. The third-order valence-corrected chi connectivity index (χ3v) is 3.52. The molecule has 1 unspecified atom stereocenters. The molecule has 1 aromatic carbocycles. The Kier molecular flexibility index (Phi) is 4.36. The average Bonchev–Trinajstić information content (AvgIpc) is 2.81. The summed E-state index contributed by atoms with van der Waals surface area (Å²) in [4.78, 5) is 24.5. The van der Waals surface area contributed by atoms with Gasteiger partial charge in [0.1, 0.15) is 0 Å². The lowest BCUT2D eigenvalue weighted by Crippen LogP contribution is -2.51. The van der Waals surface area contributed by atoms with Crippen LogP contribution in [0.25, 0.3) is 0 Å². The minimum absolute atomic E-state index is 0.222. The van der Waals surface area contributed by atoms with Crippen molar-refractivity contribution in [1.82, 2.24) is 4.90 Å². The summed E-state index contributed by atoms with van der Waals surface area (Å²) in [5, 5.41) is 18.7. The van der Waals surface area contributed by atoms with E-state index in [-0.39, 0.29) is 13.0 Å². The molecule has 6 heteroatoms. The lowest BCUT2D eigenvalue weighted by Gasteiger charge is -2.25. The third-order valence-electron chi connectivity index (χ3n) is 3.52. The molecule has 1 saturated heterocycles. The van der Waals surface area contributed by atoms with Gasteiger partial charge in [0, 0.05) is 6.54 Å². The number of aliphatic carboxylic acids is 1. The molecule has 1 aliphatic heterocycles. The molecule has 0 radical (unpaired) electrons. The lowest BCUT2D eigenvalue weighted by molar-refractivity contribution is -0.151. The quantitative estimate of drug-likeness (QED) is 0.695. The number of aliphatic hydroxyl groups is 1. The Morgan fingerprint density at radius 1 is 1.35 bits per heavy atom. The van der Waals surface area contributed by atoms with Crippen LogP contribution in [-0.4, -0.2) is 51.7 Å². The monoisotopic (exact) mass is 278 g/mol. The van der Waals surface area contributed by atoms with Crippen LogP contribution in [0.4, 0.5) is 0 Å². The highest BCUT2D eigenvalue weighted by Gasteiger charge is 2.42. The zero-order chi connectivity index (χ0) is 14.7. The highest BCUT2D eigenvalue weighted by molar-refractivity contribution is 5.88. The molecule has 1 aliphatic rings. The number of carbonyl (C=O) groups excluding carboxylic acids is 1. The summed E-state index contributed by atoms with van der Waals surface area (Å²) in [6.45, 7) is 0.222. The summed E-state index contributed by atoms with van der Waals surface area (Å²) in [5.74, 6) is -1.63. The van der Waals surface area contributed by atoms with Crippen LogP contribution in [0.2, 0.25) is 0 Å². The second-order valence-electron chi connectivity index (χ2n) is 4.97. The van der Waals surface area contributed by atoms with E-state index in [1.165, 1.54) is 4.90 Å². The van der Waals surface area contributed by atoms with Crippen LogP contribution in [-0.2, 0) is 16.0 Å². The van der Waals surface area contributed by atoms with Gasteiger partial charge in [-0.25, -0.2) is 4.79 Å². The second kappa shape index (κ2) is 6.02. The smallest absolute Gasteiger partial charge is 0.329 e. The summed E-state index contributed by atoms with van der Waals surface area (Å²) in [6.07, 6.45) is -0.417. The van der Waals surface area contributed by atoms with Gasteiger partial charge < -0.3 is 20.8 Å². The fourth-order valence-electron chi connectivity index (χ4n) is 2.49. The van der Waals surface area contributed by atoms with Gasteiger partial charge in [0.05, 0.1) is 12.1 Å². The largest absolute Gasteiger partial charge is 0.480 e. The number of nitrogens with zero attached hydrogens (tertiary/aromatic N) is 1. The first-order valence-electron chi connectivity index (χ1n) is 6.51. The molecule has 0 saturated carbocycles. The van der Waals surface area contributed by atoms with Crippen LogP contribution in [0.3, 0.4) is 0 Å². The SMILES string of the molecule is N[C@@H](Cc1ccccc1)C(=O)N1CCC(O)[C@H]1C(=O)O. The van der Waals surface area contributed by atoms with Crippen molar-refractivity contribution in [2.75, 3.05) is 6.54 Å². The minimum atomic E-state index is -1.20. The first-order chi connectivity index (χ1) is 9.50. The predicted molar refractivity (Wildman–Crippen MR) is 71.9 cm³/mol. The Bertz CT molecular complexity index is 491. The normalized spacial score (nSPS) is 23.6. The highest BCUT2D eigenvalue weighted by Crippen LogP contribution is 2.19. The number of nitrogens with two attached hydrogens (primary N) is 1. The Labute approximate surface area is 116 Å². The molecule has 1 amide bonds. The first-order valence-corrected chi connectivity index (χ1v) is 6.51. The summed E-state index contributed by atoms with van der Waals surface area (Å²) in [6, 6.07) is 7.31. The van der Waals surface area contributed by atoms with E-state index in [1.807, 2.05) is 30.3 Å². The number of rotatable bonds is 4. The van der Waals surface area contributed by atoms with E-state index in [2.05, 4.69) is 0 Å². The van der Waals surface area contributed by atoms with E-state index < -0.39 is 30.1 Å². The van der Waals surface area contributed by atoms with Gasteiger partial charge in [0.2, 0.25) is 5.91 Å². The maximum atomic E-state index is 12.2.